The second kappa shape index (κ2) is 5.77. The molecule has 1 atom stereocenters. The zero-order chi connectivity index (χ0) is 14.8. The standard InChI is InChI=1S/C17H16ClN3/c18-16-9-14(6-5-13(16)10-19)21-8-7-12-3-1-2-4-15(12)17(21)11-20/h1-6,9,17H,7-8,11,20H2. The first-order chi connectivity index (χ1) is 10.2. The van der Waals surface area contributed by atoms with Gasteiger partial charge in [-0.3, -0.25) is 0 Å². The molecule has 0 saturated carbocycles. The molecule has 2 aromatic rings. The predicted octanol–water partition coefficient (Wildman–Crippen LogP) is 3.27. The van der Waals surface area contributed by atoms with Crippen LogP contribution in [-0.4, -0.2) is 13.1 Å². The molecule has 3 nitrogen and oxygen atoms in total. The Morgan fingerprint density at radius 3 is 2.81 bits per heavy atom. The molecule has 4 heteroatoms. The minimum atomic E-state index is 0.152. The summed E-state index contributed by atoms with van der Waals surface area (Å²) in [6.45, 7) is 1.45. The van der Waals surface area contributed by atoms with Gasteiger partial charge in [-0.05, 0) is 35.7 Å². The second-order valence-corrected chi connectivity index (χ2v) is 5.58. The lowest BCUT2D eigenvalue weighted by molar-refractivity contribution is 0.590. The number of hydrogen-bond donors (Lipinski definition) is 1. The van der Waals surface area contributed by atoms with Gasteiger partial charge in [-0.15, -0.1) is 0 Å². The van der Waals surface area contributed by atoms with E-state index in [1.807, 2.05) is 12.1 Å². The number of hydrogen-bond acceptors (Lipinski definition) is 3. The minimum Gasteiger partial charge on any atom is -0.363 e. The van der Waals surface area contributed by atoms with Crippen LogP contribution in [0.4, 0.5) is 5.69 Å². The van der Waals surface area contributed by atoms with Gasteiger partial charge in [0.05, 0.1) is 16.6 Å². The number of anilines is 1. The lowest BCUT2D eigenvalue weighted by Crippen LogP contribution is -2.39. The highest BCUT2D eigenvalue weighted by atomic mass is 35.5. The van der Waals surface area contributed by atoms with Crippen LogP contribution < -0.4 is 10.6 Å². The van der Waals surface area contributed by atoms with E-state index in [1.165, 1.54) is 11.1 Å². The monoisotopic (exact) mass is 297 g/mol. The van der Waals surface area contributed by atoms with Crippen molar-refractivity contribution in [2.75, 3.05) is 18.0 Å². The number of nitrogens with two attached hydrogens (primary N) is 1. The van der Waals surface area contributed by atoms with E-state index in [9.17, 15) is 0 Å². The zero-order valence-electron chi connectivity index (χ0n) is 11.6. The molecule has 0 aliphatic carbocycles. The molecular weight excluding hydrogens is 282 g/mol. The summed E-state index contributed by atoms with van der Waals surface area (Å²) in [6.07, 6.45) is 0.990. The highest BCUT2D eigenvalue weighted by molar-refractivity contribution is 6.32. The van der Waals surface area contributed by atoms with Crippen LogP contribution in [0.25, 0.3) is 0 Å². The number of halogens is 1. The maximum Gasteiger partial charge on any atom is 0.101 e. The maximum atomic E-state index is 8.98. The van der Waals surface area contributed by atoms with Gasteiger partial charge < -0.3 is 10.6 Å². The van der Waals surface area contributed by atoms with Crippen LogP contribution in [-0.2, 0) is 6.42 Å². The molecule has 0 amide bonds. The van der Waals surface area contributed by atoms with Crippen LogP contribution in [0.2, 0.25) is 5.02 Å². The third-order valence-corrected chi connectivity index (χ3v) is 4.35. The first-order valence-electron chi connectivity index (χ1n) is 6.98. The van der Waals surface area contributed by atoms with Gasteiger partial charge in [0.1, 0.15) is 6.07 Å². The largest absolute Gasteiger partial charge is 0.363 e. The summed E-state index contributed by atoms with van der Waals surface area (Å²) < 4.78 is 0. The van der Waals surface area contributed by atoms with Gasteiger partial charge in [-0.25, -0.2) is 0 Å². The maximum absolute atomic E-state index is 8.98. The Labute approximate surface area is 129 Å². The summed E-state index contributed by atoms with van der Waals surface area (Å²) >= 11 is 6.16. The van der Waals surface area contributed by atoms with Crippen molar-refractivity contribution in [2.45, 2.75) is 12.5 Å². The molecule has 0 saturated heterocycles. The lowest BCUT2D eigenvalue weighted by Gasteiger charge is -2.38. The average Bonchev–Trinajstić information content (AvgIpc) is 2.53. The van der Waals surface area contributed by atoms with Crippen LogP contribution in [0.1, 0.15) is 22.7 Å². The summed E-state index contributed by atoms with van der Waals surface area (Å²) in [4.78, 5) is 2.27. The molecule has 0 spiro atoms. The van der Waals surface area contributed by atoms with Gasteiger partial charge in [0, 0.05) is 18.8 Å². The van der Waals surface area contributed by atoms with Crippen molar-refractivity contribution >= 4 is 17.3 Å². The highest BCUT2D eigenvalue weighted by Gasteiger charge is 2.26. The van der Waals surface area contributed by atoms with E-state index in [1.54, 1.807) is 6.07 Å². The molecule has 2 aromatic carbocycles. The van der Waals surface area contributed by atoms with Crippen molar-refractivity contribution in [2.24, 2.45) is 5.73 Å². The minimum absolute atomic E-state index is 0.152. The molecular formula is C17H16ClN3. The Morgan fingerprint density at radius 2 is 2.10 bits per heavy atom. The van der Waals surface area contributed by atoms with Crippen LogP contribution in [0, 0.1) is 11.3 Å². The van der Waals surface area contributed by atoms with Crippen molar-refractivity contribution in [3.05, 3.63) is 64.2 Å². The fraction of sp³-hybridized carbons (Fsp3) is 0.235. The van der Waals surface area contributed by atoms with E-state index in [2.05, 4.69) is 35.2 Å². The Kier molecular flexibility index (Phi) is 3.83. The van der Waals surface area contributed by atoms with E-state index in [0.717, 1.165) is 18.7 Å². The summed E-state index contributed by atoms with van der Waals surface area (Å²) in [5.41, 5.74) is 10.2. The summed E-state index contributed by atoms with van der Waals surface area (Å²) in [5, 5.41) is 9.47. The van der Waals surface area contributed by atoms with E-state index < -0.39 is 0 Å². The van der Waals surface area contributed by atoms with Crippen LogP contribution in [0.15, 0.2) is 42.5 Å². The van der Waals surface area contributed by atoms with Crippen LogP contribution in [0.5, 0.6) is 0 Å². The SMILES string of the molecule is N#Cc1ccc(N2CCc3ccccc3C2CN)cc1Cl. The first kappa shape index (κ1) is 13.9. The second-order valence-electron chi connectivity index (χ2n) is 5.17. The summed E-state index contributed by atoms with van der Waals surface area (Å²) in [7, 11) is 0. The summed E-state index contributed by atoms with van der Waals surface area (Å²) in [5.74, 6) is 0. The number of nitrogens with zero attached hydrogens (tertiary/aromatic N) is 2. The van der Waals surface area contributed by atoms with Gasteiger partial charge >= 0.3 is 0 Å². The third kappa shape index (κ3) is 2.49. The van der Waals surface area contributed by atoms with Crippen molar-refractivity contribution < 1.29 is 0 Å². The van der Waals surface area contributed by atoms with Crippen molar-refractivity contribution in [1.29, 1.82) is 5.26 Å². The van der Waals surface area contributed by atoms with Gasteiger partial charge in [0.25, 0.3) is 0 Å². The molecule has 3 rings (SSSR count). The fourth-order valence-electron chi connectivity index (χ4n) is 2.99. The fourth-order valence-corrected chi connectivity index (χ4v) is 3.21. The molecule has 1 unspecified atom stereocenters. The van der Waals surface area contributed by atoms with Crippen molar-refractivity contribution in [3.63, 3.8) is 0 Å². The molecule has 2 N–H and O–H groups in total. The number of fused-ring (bicyclic) bond motifs is 1. The number of nitriles is 1. The zero-order valence-corrected chi connectivity index (χ0v) is 12.3. The molecule has 1 aliphatic rings. The molecule has 1 heterocycles. The Morgan fingerprint density at radius 1 is 1.29 bits per heavy atom. The van der Waals surface area contributed by atoms with E-state index in [-0.39, 0.29) is 6.04 Å². The Balaban J connectivity index is 2.00. The molecule has 21 heavy (non-hydrogen) atoms. The first-order valence-corrected chi connectivity index (χ1v) is 7.36. The van der Waals surface area contributed by atoms with E-state index in [4.69, 9.17) is 22.6 Å². The van der Waals surface area contributed by atoms with Gasteiger partial charge in [-0.2, -0.15) is 5.26 Å². The average molecular weight is 298 g/mol. The van der Waals surface area contributed by atoms with Crippen molar-refractivity contribution in [1.82, 2.24) is 0 Å². The number of rotatable bonds is 2. The highest BCUT2D eigenvalue weighted by Crippen LogP contribution is 2.34. The van der Waals surface area contributed by atoms with Crippen LogP contribution in [0.3, 0.4) is 0 Å². The van der Waals surface area contributed by atoms with Crippen LogP contribution >= 0.6 is 11.6 Å². The topological polar surface area (TPSA) is 53.0 Å². The van der Waals surface area contributed by atoms with E-state index >= 15 is 0 Å². The Bertz CT molecular complexity index is 705. The van der Waals surface area contributed by atoms with E-state index in [0.29, 0.717) is 17.1 Å². The number of benzene rings is 2. The normalized spacial score (nSPS) is 17.2. The van der Waals surface area contributed by atoms with Gasteiger partial charge in [0.15, 0.2) is 0 Å². The molecule has 1 aliphatic heterocycles. The van der Waals surface area contributed by atoms with Crippen molar-refractivity contribution in [3.8, 4) is 6.07 Å². The third-order valence-electron chi connectivity index (χ3n) is 4.04. The quantitative estimate of drug-likeness (QED) is 0.925. The summed E-state index contributed by atoms with van der Waals surface area (Å²) in [6, 6.07) is 16.2. The molecule has 106 valence electrons. The smallest absolute Gasteiger partial charge is 0.101 e. The lowest BCUT2D eigenvalue weighted by atomic mass is 9.92. The Hall–Kier alpha value is -2.02. The molecule has 0 bridgehead atoms. The van der Waals surface area contributed by atoms with Gasteiger partial charge in [0.2, 0.25) is 0 Å². The van der Waals surface area contributed by atoms with Gasteiger partial charge in [-0.1, -0.05) is 35.9 Å². The molecule has 0 fully saturated rings. The predicted molar refractivity (Wildman–Crippen MR) is 85.5 cm³/mol. The molecule has 0 radical (unpaired) electrons. The molecule has 0 aromatic heterocycles.